The molecule has 1 N–H and O–H groups in total. The third-order valence-electron chi connectivity index (χ3n) is 3.07. The Labute approximate surface area is 109 Å². The molecular formula is C12H13N5O2. The lowest BCUT2D eigenvalue weighted by atomic mass is 10.2. The van der Waals surface area contributed by atoms with Gasteiger partial charge in [-0.3, -0.25) is 0 Å². The standard InChI is InChI=1S/C12H13N5O2/c18-12(9-5-2-1-3-6-9)19-17-8-4-7-10(17)11-13-15-16-14-11/h1-3,5-6,10H,4,7-8H2,(H,13,14,15,16)/t10-/m0/s1. The first-order chi connectivity index (χ1) is 9.34. The van der Waals surface area contributed by atoms with E-state index in [2.05, 4.69) is 20.6 Å². The lowest BCUT2D eigenvalue weighted by Crippen LogP contribution is -2.27. The monoisotopic (exact) mass is 259 g/mol. The Hall–Kier alpha value is -2.28. The normalized spacial score (nSPS) is 19.5. The highest BCUT2D eigenvalue weighted by atomic mass is 16.7. The molecule has 7 nitrogen and oxygen atoms in total. The number of carbonyl (C=O) groups excluding carboxylic acids is 1. The second-order valence-electron chi connectivity index (χ2n) is 4.31. The maximum atomic E-state index is 12.0. The topological polar surface area (TPSA) is 84.0 Å². The van der Waals surface area contributed by atoms with Gasteiger partial charge in [0.25, 0.3) is 0 Å². The van der Waals surface area contributed by atoms with E-state index in [0.29, 0.717) is 17.9 Å². The lowest BCUT2D eigenvalue weighted by Gasteiger charge is -2.20. The fraction of sp³-hybridized carbons (Fsp3) is 0.333. The van der Waals surface area contributed by atoms with E-state index in [4.69, 9.17) is 4.84 Å². The van der Waals surface area contributed by atoms with Gasteiger partial charge in [0.05, 0.1) is 5.56 Å². The van der Waals surface area contributed by atoms with Crippen LogP contribution in [-0.2, 0) is 4.84 Å². The first-order valence-corrected chi connectivity index (χ1v) is 6.12. The summed E-state index contributed by atoms with van der Waals surface area (Å²) in [5.41, 5.74) is 0.529. The summed E-state index contributed by atoms with van der Waals surface area (Å²) in [6.45, 7) is 0.678. The van der Waals surface area contributed by atoms with Crippen molar-refractivity contribution >= 4 is 5.97 Å². The van der Waals surface area contributed by atoms with Gasteiger partial charge in [0.2, 0.25) is 0 Å². The quantitative estimate of drug-likeness (QED) is 0.888. The van der Waals surface area contributed by atoms with Gasteiger partial charge < -0.3 is 4.84 Å². The number of tetrazole rings is 1. The van der Waals surface area contributed by atoms with E-state index >= 15 is 0 Å². The summed E-state index contributed by atoms with van der Waals surface area (Å²) >= 11 is 0. The average Bonchev–Trinajstić information content (AvgIpc) is 3.10. The van der Waals surface area contributed by atoms with Gasteiger partial charge in [-0.25, -0.2) is 4.79 Å². The van der Waals surface area contributed by atoms with E-state index in [1.165, 1.54) is 0 Å². The van der Waals surface area contributed by atoms with E-state index in [-0.39, 0.29) is 12.0 Å². The van der Waals surface area contributed by atoms with Crippen LogP contribution in [0, 0.1) is 0 Å². The Morgan fingerprint density at radius 1 is 1.37 bits per heavy atom. The number of nitrogens with one attached hydrogen (secondary N) is 1. The molecule has 1 aromatic heterocycles. The molecule has 1 saturated heterocycles. The van der Waals surface area contributed by atoms with Crippen LogP contribution >= 0.6 is 0 Å². The lowest BCUT2D eigenvalue weighted by molar-refractivity contribution is -0.122. The predicted octanol–water partition coefficient (Wildman–Crippen LogP) is 1.11. The van der Waals surface area contributed by atoms with Crippen molar-refractivity contribution in [1.82, 2.24) is 25.7 Å². The SMILES string of the molecule is O=C(ON1CCC[C@H]1c1nn[nH]n1)c1ccccc1. The summed E-state index contributed by atoms with van der Waals surface area (Å²) in [6, 6.07) is 8.79. The molecule has 1 aliphatic heterocycles. The largest absolute Gasteiger partial charge is 0.363 e. The molecule has 2 aromatic rings. The molecule has 0 amide bonds. The summed E-state index contributed by atoms with van der Waals surface area (Å²) < 4.78 is 0. The predicted molar refractivity (Wildman–Crippen MR) is 64.7 cm³/mol. The van der Waals surface area contributed by atoms with Crippen molar-refractivity contribution in [3.63, 3.8) is 0 Å². The first kappa shape index (κ1) is 11.8. The number of carbonyl (C=O) groups is 1. The van der Waals surface area contributed by atoms with Gasteiger partial charge in [0.15, 0.2) is 5.82 Å². The maximum absolute atomic E-state index is 12.0. The van der Waals surface area contributed by atoms with Crippen LogP contribution in [0.25, 0.3) is 0 Å². The number of hydroxylamine groups is 2. The highest BCUT2D eigenvalue weighted by Gasteiger charge is 2.32. The van der Waals surface area contributed by atoms with Crippen LogP contribution in [0.2, 0.25) is 0 Å². The number of hydrogen-bond acceptors (Lipinski definition) is 6. The molecule has 7 heteroatoms. The Kier molecular flexibility index (Phi) is 3.20. The molecule has 0 spiro atoms. The van der Waals surface area contributed by atoms with Gasteiger partial charge in [-0.15, -0.1) is 15.3 Å². The molecule has 2 heterocycles. The van der Waals surface area contributed by atoms with E-state index in [9.17, 15) is 4.79 Å². The van der Waals surface area contributed by atoms with Gasteiger partial charge >= 0.3 is 5.97 Å². The van der Waals surface area contributed by atoms with Gasteiger partial charge in [-0.1, -0.05) is 23.4 Å². The second kappa shape index (κ2) is 5.15. The van der Waals surface area contributed by atoms with Crippen LogP contribution in [0.4, 0.5) is 0 Å². The second-order valence-corrected chi connectivity index (χ2v) is 4.31. The van der Waals surface area contributed by atoms with Gasteiger partial charge in [0, 0.05) is 6.54 Å². The van der Waals surface area contributed by atoms with Crippen molar-refractivity contribution in [2.45, 2.75) is 18.9 Å². The van der Waals surface area contributed by atoms with Crippen molar-refractivity contribution in [3.05, 3.63) is 41.7 Å². The Balaban J connectivity index is 1.71. The molecule has 0 unspecified atom stereocenters. The van der Waals surface area contributed by atoms with Crippen molar-refractivity contribution in [2.75, 3.05) is 6.54 Å². The molecule has 1 fully saturated rings. The number of benzene rings is 1. The fourth-order valence-corrected chi connectivity index (χ4v) is 2.15. The molecule has 0 radical (unpaired) electrons. The van der Waals surface area contributed by atoms with Crippen LogP contribution in [0.3, 0.4) is 0 Å². The molecule has 1 aromatic carbocycles. The Morgan fingerprint density at radius 3 is 2.95 bits per heavy atom. The van der Waals surface area contributed by atoms with E-state index in [0.717, 1.165) is 12.8 Å². The molecule has 98 valence electrons. The molecule has 1 aliphatic rings. The van der Waals surface area contributed by atoms with Crippen LogP contribution in [0.15, 0.2) is 30.3 Å². The summed E-state index contributed by atoms with van der Waals surface area (Å²) in [5, 5.41) is 15.5. The number of nitrogens with zero attached hydrogens (tertiary/aromatic N) is 4. The zero-order valence-corrected chi connectivity index (χ0v) is 10.2. The minimum atomic E-state index is -0.365. The maximum Gasteiger partial charge on any atom is 0.357 e. The fourth-order valence-electron chi connectivity index (χ4n) is 2.15. The van der Waals surface area contributed by atoms with Crippen molar-refractivity contribution < 1.29 is 9.63 Å². The summed E-state index contributed by atoms with van der Waals surface area (Å²) in [6.07, 6.45) is 1.78. The van der Waals surface area contributed by atoms with E-state index < -0.39 is 0 Å². The van der Waals surface area contributed by atoms with Crippen LogP contribution in [0.5, 0.6) is 0 Å². The summed E-state index contributed by atoms with van der Waals surface area (Å²) in [4.78, 5) is 17.4. The molecule has 3 rings (SSSR count). The Bertz CT molecular complexity index is 543. The molecule has 0 saturated carbocycles. The number of H-pyrrole nitrogens is 1. The minimum Gasteiger partial charge on any atom is -0.363 e. The zero-order chi connectivity index (χ0) is 13.1. The average molecular weight is 259 g/mol. The van der Waals surface area contributed by atoms with Crippen molar-refractivity contribution in [3.8, 4) is 0 Å². The highest BCUT2D eigenvalue weighted by molar-refractivity contribution is 5.89. The zero-order valence-electron chi connectivity index (χ0n) is 10.2. The highest BCUT2D eigenvalue weighted by Crippen LogP contribution is 2.29. The number of hydrogen-bond donors (Lipinski definition) is 1. The molecule has 19 heavy (non-hydrogen) atoms. The van der Waals surface area contributed by atoms with Gasteiger partial charge in [-0.05, 0) is 25.0 Å². The molecular weight excluding hydrogens is 246 g/mol. The molecule has 0 bridgehead atoms. The van der Waals surface area contributed by atoms with E-state index in [1.807, 2.05) is 6.07 Å². The number of rotatable bonds is 3. The van der Waals surface area contributed by atoms with Crippen LogP contribution in [0.1, 0.15) is 35.1 Å². The van der Waals surface area contributed by atoms with E-state index in [1.54, 1.807) is 29.3 Å². The number of aromatic amines is 1. The third kappa shape index (κ3) is 2.45. The summed E-state index contributed by atoms with van der Waals surface area (Å²) in [5.74, 6) is 0.189. The molecule has 0 aliphatic carbocycles. The first-order valence-electron chi connectivity index (χ1n) is 6.12. The Morgan fingerprint density at radius 2 is 2.21 bits per heavy atom. The number of aromatic nitrogens is 4. The van der Waals surface area contributed by atoms with Gasteiger partial charge in [0.1, 0.15) is 6.04 Å². The van der Waals surface area contributed by atoms with Crippen LogP contribution < -0.4 is 0 Å². The van der Waals surface area contributed by atoms with Gasteiger partial charge in [-0.2, -0.15) is 5.21 Å². The van der Waals surface area contributed by atoms with Crippen molar-refractivity contribution in [2.24, 2.45) is 0 Å². The smallest absolute Gasteiger partial charge is 0.357 e. The van der Waals surface area contributed by atoms with Crippen molar-refractivity contribution in [1.29, 1.82) is 0 Å². The third-order valence-corrected chi connectivity index (χ3v) is 3.07. The van der Waals surface area contributed by atoms with Crippen LogP contribution in [-0.4, -0.2) is 38.2 Å². The minimum absolute atomic E-state index is 0.119. The summed E-state index contributed by atoms with van der Waals surface area (Å²) in [7, 11) is 0. The molecule has 1 atom stereocenters.